The molecule has 166 valence electrons. The summed E-state index contributed by atoms with van der Waals surface area (Å²) in [6.07, 6.45) is 1.29. The fourth-order valence-corrected chi connectivity index (χ4v) is 4.64. The summed E-state index contributed by atoms with van der Waals surface area (Å²) in [5.74, 6) is -0.849. The van der Waals surface area contributed by atoms with Crippen molar-refractivity contribution in [1.29, 1.82) is 0 Å². The first-order valence-corrected chi connectivity index (χ1v) is 11.9. The van der Waals surface area contributed by atoms with Crippen LogP contribution in [-0.4, -0.2) is 38.0 Å². The summed E-state index contributed by atoms with van der Waals surface area (Å²) in [5.41, 5.74) is 1.69. The summed E-state index contributed by atoms with van der Waals surface area (Å²) in [6.45, 7) is 2.31. The van der Waals surface area contributed by atoms with Gasteiger partial charge in [0, 0.05) is 17.5 Å². The Hall–Kier alpha value is -2.42. The highest BCUT2D eigenvalue weighted by atomic mass is 35.5. The minimum absolute atomic E-state index is 0.0208. The van der Waals surface area contributed by atoms with Crippen molar-refractivity contribution < 1.29 is 23.1 Å². The van der Waals surface area contributed by atoms with E-state index in [1.54, 1.807) is 24.3 Å². The molecule has 31 heavy (non-hydrogen) atoms. The molecule has 2 aromatic rings. The van der Waals surface area contributed by atoms with Gasteiger partial charge in [0.05, 0.1) is 4.90 Å². The molecule has 0 heterocycles. The Bertz CT molecular complexity index is 1040. The quantitative estimate of drug-likeness (QED) is 0.467. The van der Waals surface area contributed by atoms with Crippen molar-refractivity contribution in [2.24, 2.45) is 11.8 Å². The zero-order valence-corrected chi connectivity index (χ0v) is 18.6. The fraction of sp³-hybridized carbons (Fsp3) is 0.364. The molecule has 0 bridgehead atoms. The lowest BCUT2D eigenvalue weighted by Gasteiger charge is -2.15. The van der Waals surface area contributed by atoms with Crippen LogP contribution in [0.2, 0.25) is 5.02 Å². The Labute approximate surface area is 186 Å². The molecule has 0 aromatic heterocycles. The van der Waals surface area contributed by atoms with E-state index < -0.39 is 22.0 Å². The molecule has 3 atom stereocenters. The van der Waals surface area contributed by atoms with E-state index in [9.17, 15) is 23.1 Å². The second kappa shape index (κ2) is 9.80. The van der Waals surface area contributed by atoms with Crippen LogP contribution in [0.15, 0.2) is 53.4 Å². The van der Waals surface area contributed by atoms with E-state index in [0.717, 1.165) is 17.5 Å². The van der Waals surface area contributed by atoms with Crippen molar-refractivity contribution in [2.75, 3.05) is 6.54 Å². The molecule has 1 amide bonds. The third-order valence-electron chi connectivity index (χ3n) is 5.35. The van der Waals surface area contributed by atoms with Gasteiger partial charge in [0.25, 0.3) is 0 Å². The topological polar surface area (TPSA) is 113 Å². The number of nitrogens with one attached hydrogen (secondary N) is 2. The van der Waals surface area contributed by atoms with Crippen molar-refractivity contribution in [1.82, 2.24) is 10.0 Å². The molecule has 2 unspecified atom stereocenters. The normalized spacial score (nSPS) is 18.9. The molecule has 0 saturated heterocycles. The van der Waals surface area contributed by atoms with E-state index >= 15 is 0 Å². The number of hydrogen-bond acceptors (Lipinski definition) is 4. The predicted molar refractivity (Wildman–Crippen MR) is 118 cm³/mol. The van der Waals surface area contributed by atoms with Crippen LogP contribution in [0.25, 0.3) is 11.1 Å². The first-order valence-electron chi connectivity index (χ1n) is 10.1. The lowest BCUT2D eigenvalue weighted by atomic mass is 10.1. The maximum Gasteiger partial charge on any atom is 0.321 e. The highest BCUT2D eigenvalue weighted by Crippen LogP contribution is 2.37. The largest absolute Gasteiger partial charge is 0.480 e. The molecule has 1 aliphatic carbocycles. The summed E-state index contributed by atoms with van der Waals surface area (Å²) >= 11 is 5.89. The van der Waals surface area contributed by atoms with Gasteiger partial charge in [-0.05, 0) is 60.6 Å². The number of hydrogen-bond donors (Lipinski definition) is 3. The monoisotopic (exact) mass is 464 g/mol. The Kier molecular flexibility index (Phi) is 7.35. The van der Waals surface area contributed by atoms with Crippen LogP contribution in [-0.2, 0) is 19.6 Å². The second-order valence-corrected chi connectivity index (χ2v) is 9.95. The van der Waals surface area contributed by atoms with Gasteiger partial charge in [-0.15, -0.1) is 0 Å². The zero-order valence-electron chi connectivity index (χ0n) is 17.0. The van der Waals surface area contributed by atoms with Crippen molar-refractivity contribution >= 4 is 33.5 Å². The first-order chi connectivity index (χ1) is 14.7. The Balaban J connectivity index is 1.58. The SMILES string of the molecule is CC1CC1C(=O)NCCC[C@H](NS(=O)(=O)c1ccc(-c2ccc(Cl)cc2)cc1)C(=O)O. The van der Waals surface area contributed by atoms with Crippen molar-refractivity contribution in [3.63, 3.8) is 0 Å². The molecule has 1 fully saturated rings. The highest BCUT2D eigenvalue weighted by molar-refractivity contribution is 7.89. The summed E-state index contributed by atoms with van der Waals surface area (Å²) in [5, 5.41) is 12.8. The minimum Gasteiger partial charge on any atom is -0.480 e. The lowest BCUT2D eigenvalue weighted by molar-refractivity contribution is -0.139. The maximum atomic E-state index is 12.7. The van der Waals surface area contributed by atoms with Crippen LogP contribution in [0, 0.1) is 11.8 Å². The predicted octanol–water partition coefficient (Wildman–Crippen LogP) is 3.29. The zero-order chi connectivity index (χ0) is 22.6. The van der Waals surface area contributed by atoms with E-state index in [0.29, 0.717) is 23.9 Å². The molecule has 3 rings (SSSR count). The number of rotatable bonds is 10. The minimum atomic E-state index is -4.01. The molecule has 1 saturated carbocycles. The molecule has 1 aliphatic rings. The summed E-state index contributed by atoms with van der Waals surface area (Å²) in [6, 6.07) is 12.0. The number of carbonyl (C=O) groups is 2. The molecular formula is C22H25ClN2O5S. The van der Waals surface area contributed by atoms with E-state index in [1.807, 2.05) is 19.1 Å². The summed E-state index contributed by atoms with van der Waals surface area (Å²) < 4.78 is 27.6. The number of carboxylic acids is 1. The number of sulfonamides is 1. The smallest absolute Gasteiger partial charge is 0.321 e. The average molecular weight is 465 g/mol. The number of aliphatic carboxylic acids is 1. The molecule has 2 aromatic carbocycles. The van der Waals surface area contributed by atoms with Crippen LogP contribution < -0.4 is 10.0 Å². The third kappa shape index (κ3) is 6.29. The summed E-state index contributed by atoms with van der Waals surface area (Å²) in [7, 11) is -4.01. The van der Waals surface area contributed by atoms with Crippen LogP contribution in [0.5, 0.6) is 0 Å². The Morgan fingerprint density at radius 2 is 1.65 bits per heavy atom. The standard InChI is InChI=1S/C22H25ClN2O5S/c1-14-13-19(14)21(26)24-12-2-3-20(22(27)28)25-31(29,30)18-10-6-16(7-11-18)15-4-8-17(23)9-5-15/h4-11,14,19-20,25H,2-3,12-13H2,1H3,(H,24,26)(H,27,28)/t14?,19?,20-/m0/s1. The Morgan fingerprint density at radius 1 is 1.10 bits per heavy atom. The average Bonchev–Trinajstić information content (AvgIpc) is 3.47. The van der Waals surface area contributed by atoms with Crippen LogP contribution in [0.3, 0.4) is 0 Å². The lowest BCUT2D eigenvalue weighted by Crippen LogP contribution is -2.41. The fourth-order valence-electron chi connectivity index (χ4n) is 3.29. The van der Waals surface area contributed by atoms with Crippen LogP contribution in [0.1, 0.15) is 26.2 Å². The van der Waals surface area contributed by atoms with Crippen LogP contribution in [0.4, 0.5) is 0 Å². The van der Waals surface area contributed by atoms with Crippen molar-refractivity contribution in [3.8, 4) is 11.1 Å². The molecule has 9 heteroatoms. The van der Waals surface area contributed by atoms with Crippen LogP contribution >= 0.6 is 11.6 Å². The van der Waals surface area contributed by atoms with Gasteiger partial charge in [0.1, 0.15) is 6.04 Å². The summed E-state index contributed by atoms with van der Waals surface area (Å²) in [4.78, 5) is 23.3. The van der Waals surface area contributed by atoms with E-state index in [1.165, 1.54) is 12.1 Å². The number of carbonyl (C=O) groups excluding carboxylic acids is 1. The van der Waals surface area contributed by atoms with Gasteiger partial charge in [-0.25, -0.2) is 8.42 Å². The molecule has 0 aliphatic heterocycles. The van der Waals surface area contributed by atoms with Gasteiger partial charge >= 0.3 is 5.97 Å². The third-order valence-corrected chi connectivity index (χ3v) is 7.09. The molecule has 0 spiro atoms. The Morgan fingerprint density at radius 3 is 2.16 bits per heavy atom. The molecule has 0 radical (unpaired) electrons. The van der Waals surface area contributed by atoms with Gasteiger partial charge in [-0.2, -0.15) is 4.72 Å². The highest BCUT2D eigenvalue weighted by Gasteiger charge is 2.38. The van der Waals surface area contributed by atoms with Gasteiger partial charge < -0.3 is 10.4 Å². The van der Waals surface area contributed by atoms with Gasteiger partial charge in [0.2, 0.25) is 15.9 Å². The van der Waals surface area contributed by atoms with E-state index in [2.05, 4.69) is 10.0 Å². The maximum absolute atomic E-state index is 12.7. The van der Waals surface area contributed by atoms with Crippen molar-refractivity contribution in [2.45, 2.75) is 37.1 Å². The molecule has 3 N–H and O–H groups in total. The molecular weight excluding hydrogens is 440 g/mol. The molecule has 7 nitrogen and oxygen atoms in total. The number of amides is 1. The number of halogens is 1. The number of carboxylic acid groups (broad SMARTS) is 1. The van der Waals surface area contributed by atoms with Crippen molar-refractivity contribution in [3.05, 3.63) is 53.6 Å². The van der Waals surface area contributed by atoms with Gasteiger partial charge in [0.15, 0.2) is 0 Å². The van der Waals surface area contributed by atoms with E-state index in [4.69, 9.17) is 11.6 Å². The second-order valence-electron chi connectivity index (χ2n) is 7.80. The first kappa shape index (κ1) is 23.2. The van der Waals surface area contributed by atoms with Gasteiger partial charge in [-0.3, -0.25) is 9.59 Å². The number of benzene rings is 2. The van der Waals surface area contributed by atoms with Gasteiger partial charge in [-0.1, -0.05) is 42.8 Å². The van der Waals surface area contributed by atoms with E-state index in [-0.39, 0.29) is 23.1 Å².